The van der Waals surface area contributed by atoms with Gasteiger partial charge in [0.2, 0.25) is 47.3 Å². The highest BCUT2D eigenvalue weighted by molar-refractivity contribution is 6.00. The highest BCUT2D eigenvalue weighted by Crippen LogP contribution is 2.27. The number of unbranched alkanes of at least 4 members (excludes halogenated alkanes) is 5. The molecule has 8 amide bonds. The predicted molar refractivity (Wildman–Crippen MR) is 277 cm³/mol. The second kappa shape index (κ2) is 31.3. The molecule has 0 spiro atoms. The number of cyclic esters (lactones) is 1. The molecule has 13 atom stereocenters. The van der Waals surface area contributed by atoms with E-state index in [9.17, 15) is 88.5 Å². The Morgan fingerprint density at radius 2 is 1.20 bits per heavy atom. The first-order chi connectivity index (χ1) is 37.8. The molecule has 0 aliphatic carbocycles. The maximum absolute atomic E-state index is 14.4. The van der Waals surface area contributed by atoms with E-state index in [-0.39, 0.29) is 77.0 Å². The molecular formula is C50H81N11O19. The molecule has 4 fully saturated rings. The van der Waals surface area contributed by atoms with Crippen LogP contribution in [0.4, 0.5) is 0 Å². The van der Waals surface area contributed by atoms with Gasteiger partial charge in [0.25, 0.3) is 0 Å². The van der Waals surface area contributed by atoms with E-state index in [1.54, 1.807) is 0 Å². The largest absolute Gasteiger partial charge is 0.479 e. The zero-order valence-corrected chi connectivity index (χ0v) is 45.4. The number of aliphatic carboxylic acids is 2. The molecule has 0 unspecified atom stereocenters. The van der Waals surface area contributed by atoms with Crippen molar-refractivity contribution in [1.29, 1.82) is 0 Å². The molecule has 4 heterocycles. The number of guanidine groups is 1. The molecular weight excluding hydrogens is 1060 g/mol. The predicted octanol–water partition coefficient (Wildman–Crippen LogP) is -5.24. The first-order valence-electron chi connectivity index (χ1n) is 27.3. The van der Waals surface area contributed by atoms with Crippen molar-refractivity contribution in [1.82, 2.24) is 41.3 Å². The van der Waals surface area contributed by atoms with E-state index >= 15 is 0 Å². The van der Waals surface area contributed by atoms with Crippen LogP contribution in [0.5, 0.6) is 0 Å². The number of nitrogens with zero attached hydrogens (tertiary/aromatic N) is 4. The third kappa shape index (κ3) is 18.4. The van der Waals surface area contributed by atoms with Gasteiger partial charge in [0, 0.05) is 26.2 Å². The highest BCUT2D eigenvalue weighted by atomic mass is 16.5. The van der Waals surface area contributed by atoms with Gasteiger partial charge in [0.15, 0.2) is 24.2 Å². The summed E-state index contributed by atoms with van der Waals surface area (Å²) in [5, 5.41) is 84.8. The number of rotatable bonds is 19. The number of fused-ring (bicyclic) bond motifs is 3. The third-order valence-corrected chi connectivity index (χ3v) is 14.5. The molecule has 4 rings (SSSR count). The van der Waals surface area contributed by atoms with Crippen molar-refractivity contribution in [2.24, 2.45) is 22.4 Å². The van der Waals surface area contributed by atoms with Gasteiger partial charge in [-0.05, 0) is 70.6 Å². The number of amides is 8. The van der Waals surface area contributed by atoms with Gasteiger partial charge >= 0.3 is 17.9 Å². The van der Waals surface area contributed by atoms with Crippen LogP contribution in [-0.2, 0) is 57.5 Å². The number of ether oxygens (including phenoxy) is 1. The standard InChI is InChI=1S/C50H81N11O19/c1-25(2)13-8-6-4-5-7-9-14-27-23-33(65)56-34(26(3)63)46(74)60-21-12-17-31(60)45(73)59-20-11-16-30(59)41(69)54-28(15-10-19-53-50(51)52)40(68)57-35(38(66)47(75)76)42(70)55-29(24-62)44(72)61-22-18-32(64)37(61)43(71)58-36(49(79)80-27)39(67)48(77)78/h25-32,34-39,62-64,66-67H,4-24H2,1-3H3,(H,54,69)(H,55,70)(H,56,65)(H,57,68)(H,58,71)(H,75,76)(H,77,78)(H4,51,52,53)/t26-,27-,28+,29+,30+,31-,32+,34-,35-,36+,37+,38-,39+/m1/s1. The number of hydrogen-bond acceptors (Lipinski definition) is 18. The molecule has 30 nitrogen and oxygen atoms in total. The second-order valence-corrected chi connectivity index (χ2v) is 21.1. The Hall–Kier alpha value is -6.76. The number of nitrogens with one attached hydrogen (secondary N) is 5. The normalized spacial score (nSPS) is 28.4. The van der Waals surface area contributed by atoms with Gasteiger partial charge in [-0.1, -0.05) is 52.4 Å². The minimum atomic E-state index is -2.76. The lowest BCUT2D eigenvalue weighted by molar-refractivity contribution is -0.165. The molecule has 4 aliphatic rings. The molecule has 450 valence electrons. The van der Waals surface area contributed by atoms with E-state index in [4.69, 9.17) is 16.2 Å². The molecule has 0 aromatic heterocycles. The molecule has 16 N–H and O–H groups in total. The molecule has 0 bridgehead atoms. The van der Waals surface area contributed by atoms with Crippen LogP contribution in [0.2, 0.25) is 0 Å². The van der Waals surface area contributed by atoms with Crippen LogP contribution in [0.15, 0.2) is 4.99 Å². The summed E-state index contributed by atoms with van der Waals surface area (Å²) in [6, 6.07) is -14.9. The Labute approximate surface area is 462 Å². The number of aliphatic imine (C=N–C) groups is 1. The lowest BCUT2D eigenvalue weighted by Gasteiger charge is -2.34. The average Bonchev–Trinajstić information content (AvgIpc) is 4.19. The number of aliphatic hydroxyl groups excluding tert-OH is 5. The summed E-state index contributed by atoms with van der Waals surface area (Å²) in [6.07, 6.45) is -5.47. The van der Waals surface area contributed by atoms with E-state index in [1.165, 1.54) is 11.8 Å². The number of aliphatic hydroxyl groups is 5. The Kier molecular flexibility index (Phi) is 25.7. The van der Waals surface area contributed by atoms with Crippen molar-refractivity contribution in [3.63, 3.8) is 0 Å². The summed E-state index contributed by atoms with van der Waals surface area (Å²) in [7, 11) is 0. The van der Waals surface area contributed by atoms with Crippen molar-refractivity contribution < 1.29 is 93.2 Å². The SMILES string of the molecule is CC(C)CCCCCCCC[C@@H]1CC(=O)N[C@H]([C@@H](C)O)C(=O)N2CCC[C@@H]2C(=O)N2CCC[C@H]2C(=O)N[C@@H](CCCN=C(N)N)C(=O)N[C@H]([C@@H](O)C(=O)O)C(=O)N[C@@H](CO)C(=O)N2CC[C@H](O)[C@H]2C(=O)N[C@@H]([C@H](O)C(=O)O)C(=O)O1. The van der Waals surface area contributed by atoms with Crippen molar-refractivity contribution in [3.8, 4) is 0 Å². The van der Waals surface area contributed by atoms with Gasteiger partial charge in [0.05, 0.1) is 25.2 Å². The molecule has 4 aliphatic heterocycles. The molecule has 0 aromatic rings. The summed E-state index contributed by atoms with van der Waals surface area (Å²) < 4.78 is 5.65. The maximum Gasteiger partial charge on any atom is 0.335 e. The van der Waals surface area contributed by atoms with Crippen molar-refractivity contribution in [2.75, 3.05) is 32.8 Å². The minimum Gasteiger partial charge on any atom is -0.479 e. The van der Waals surface area contributed by atoms with Crippen LogP contribution in [0.3, 0.4) is 0 Å². The molecule has 0 saturated carbocycles. The maximum atomic E-state index is 14.4. The zero-order valence-electron chi connectivity index (χ0n) is 45.4. The van der Waals surface area contributed by atoms with Gasteiger partial charge < -0.3 is 93.2 Å². The van der Waals surface area contributed by atoms with Crippen molar-refractivity contribution in [3.05, 3.63) is 0 Å². The van der Waals surface area contributed by atoms with Crippen LogP contribution in [0.1, 0.15) is 124 Å². The Morgan fingerprint density at radius 3 is 1.80 bits per heavy atom. The van der Waals surface area contributed by atoms with Gasteiger partial charge in [-0.15, -0.1) is 0 Å². The van der Waals surface area contributed by atoms with Crippen molar-refractivity contribution in [2.45, 2.75) is 202 Å². The first-order valence-corrected chi connectivity index (χ1v) is 27.3. The minimum absolute atomic E-state index is 0.00851. The fraction of sp³-hybridized carbons (Fsp3) is 0.760. The van der Waals surface area contributed by atoms with Gasteiger partial charge in [0.1, 0.15) is 48.4 Å². The molecule has 80 heavy (non-hydrogen) atoms. The lowest BCUT2D eigenvalue weighted by Crippen LogP contribution is -2.64. The van der Waals surface area contributed by atoms with E-state index in [0.717, 1.165) is 37.0 Å². The van der Waals surface area contributed by atoms with Crippen LogP contribution in [-0.4, -0.2) is 233 Å². The summed E-state index contributed by atoms with van der Waals surface area (Å²) in [6.45, 7) is 3.54. The quantitative estimate of drug-likeness (QED) is 0.0249. The van der Waals surface area contributed by atoms with E-state index < -0.39 is 164 Å². The summed E-state index contributed by atoms with van der Waals surface area (Å²) in [4.78, 5) is 158. The number of carboxylic acid groups (broad SMARTS) is 2. The fourth-order valence-corrected chi connectivity index (χ4v) is 10.2. The molecule has 0 radical (unpaired) electrons. The number of hydrogen-bond donors (Lipinski definition) is 14. The van der Waals surface area contributed by atoms with Crippen LogP contribution >= 0.6 is 0 Å². The van der Waals surface area contributed by atoms with E-state index in [0.29, 0.717) is 23.7 Å². The second-order valence-electron chi connectivity index (χ2n) is 21.1. The Bertz CT molecular complexity index is 2250. The third-order valence-electron chi connectivity index (χ3n) is 14.5. The number of nitrogens with two attached hydrogens (primary N) is 2. The highest BCUT2D eigenvalue weighted by Gasteiger charge is 2.48. The number of carbonyl (C=O) groups excluding carboxylic acids is 9. The van der Waals surface area contributed by atoms with E-state index in [2.05, 4.69) is 34.8 Å². The summed E-state index contributed by atoms with van der Waals surface area (Å²) in [5.74, 6) is -14.6. The zero-order chi connectivity index (χ0) is 59.5. The van der Waals surface area contributed by atoms with E-state index in [1.807, 2.05) is 10.6 Å². The summed E-state index contributed by atoms with van der Waals surface area (Å²) >= 11 is 0. The average molecular weight is 1140 g/mol. The summed E-state index contributed by atoms with van der Waals surface area (Å²) in [5.41, 5.74) is 10.9. The number of esters is 1. The van der Waals surface area contributed by atoms with Crippen LogP contribution in [0, 0.1) is 5.92 Å². The lowest BCUT2D eigenvalue weighted by atomic mass is 10.0. The van der Waals surface area contributed by atoms with Gasteiger partial charge in [-0.25, -0.2) is 14.4 Å². The van der Waals surface area contributed by atoms with Crippen molar-refractivity contribution >= 4 is 71.1 Å². The smallest absolute Gasteiger partial charge is 0.335 e. The fourth-order valence-electron chi connectivity index (χ4n) is 10.2. The Balaban J connectivity index is 1.79. The first kappa shape index (κ1) is 65.8. The molecule has 0 aromatic carbocycles. The monoisotopic (exact) mass is 1140 g/mol. The molecule has 30 heteroatoms. The van der Waals surface area contributed by atoms with Crippen LogP contribution < -0.4 is 38.1 Å². The topological polar surface area (TPSA) is 473 Å². The van der Waals surface area contributed by atoms with Gasteiger partial charge in [-0.3, -0.25) is 43.3 Å². The van der Waals surface area contributed by atoms with Gasteiger partial charge in [-0.2, -0.15) is 0 Å². The number of carboxylic acids is 2. The Morgan fingerprint density at radius 1 is 0.625 bits per heavy atom. The van der Waals surface area contributed by atoms with Crippen LogP contribution in [0.25, 0.3) is 0 Å². The molecule has 4 saturated heterocycles. The number of carbonyl (C=O) groups is 11.